The van der Waals surface area contributed by atoms with Gasteiger partial charge in [0.05, 0.1) is 12.5 Å². The van der Waals surface area contributed by atoms with Crippen molar-refractivity contribution < 1.29 is 19.1 Å². The molecule has 0 bridgehead atoms. The van der Waals surface area contributed by atoms with Crippen LogP contribution in [0.3, 0.4) is 0 Å². The SMILES string of the molecule is Cc1nc2n(n1)C[C@@H](CC(=O)Nc1ccc3c(c1)OCCO3)C(=O)N2. The zero-order chi connectivity index (χ0) is 17.4. The topological polar surface area (TPSA) is 107 Å². The Balaban J connectivity index is 1.41. The first-order valence-corrected chi connectivity index (χ1v) is 8.00. The molecule has 0 saturated heterocycles. The number of ether oxygens (including phenoxy) is 2. The van der Waals surface area contributed by atoms with Crippen LogP contribution >= 0.6 is 0 Å². The van der Waals surface area contributed by atoms with Gasteiger partial charge in [0.15, 0.2) is 11.5 Å². The van der Waals surface area contributed by atoms with Gasteiger partial charge in [-0.2, -0.15) is 10.1 Å². The summed E-state index contributed by atoms with van der Waals surface area (Å²) in [5.74, 6) is 1.29. The molecule has 1 atom stereocenters. The summed E-state index contributed by atoms with van der Waals surface area (Å²) < 4.78 is 12.6. The lowest BCUT2D eigenvalue weighted by Gasteiger charge is -2.22. The Hall–Kier alpha value is -3.10. The van der Waals surface area contributed by atoms with Gasteiger partial charge in [-0.05, 0) is 19.1 Å². The summed E-state index contributed by atoms with van der Waals surface area (Å²) in [5.41, 5.74) is 0.600. The number of rotatable bonds is 3. The van der Waals surface area contributed by atoms with Crippen LogP contribution in [0.2, 0.25) is 0 Å². The van der Waals surface area contributed by atoms with Crippen molar-refractivity contribution in [3.8, 4) is 11.5 Å². The standard InChI is InChI=1S/C16H17N5O4/c1-9-17-16-19-15(23)10(8-21(16)20-9)6-14(22)18-11-2-3-12-13(7-11)25-5-4-24-12/h2-3,7,10H,4-6,8H2,1H3,(H,18,22)(H,17,19,20,23)/t10-/m1/s1. The van der Waals surface area contributed by atoms with E-state index >= 15 is 0 Å². The predicted molar refractivity (Wildman–Crippen MR) is 87.6 cm³/mol. The van der Waals surface area contributed by atoms with Crippen LogP contribution in [0.5, 0.6) is 11.5 Å². The highest BCUT2D eigenvalue weighted by Gasteiger charge is 2.30. The molecule has 0 fully saturated rings. The van der Waals surface area contributed by atoms with E-state index in [1.54, 1.807) is 29.8 Å². The van der Waals surface area contributed by atoms with Crippen molar-refractivity contribution in [2.24, 2.45) is 5.92 Å². The molecular formula is C16H17N5O4. The van der Waals surface area contributed by atoms with E-state index in [0.29, 0.717) is 48.7 Å². The van der Waals surface area contributed by atoms with Crippen LogP contribution in [0, 0.1) is 12.8 Å². The Morgan fingerprint density at radius 1 is 1.36 bits per heavy atom. The number of aromatic nitrogens is 3. The number of fused-ring (bicyclic) bond motifs is 2. The molecule has 2 aromatic rings. The van der Waals surface area contributed by atoms with Crippen molar-refractivity contribution in [3.63, 3.8) is 0 Å². The number of nitrogens with one attached hydrogen (secondary N) is 2. The van der Waals surface area contributed by atoms with Gasteiger partial charge in [-0.3, -0.25) is 14.9 Å². The fraction of sp³-hybridized carbons (Fsp3) is 0.375. The lowest BCUT2D eigenvalue weighted by Crippen LogP contribution is -2.36. The van der Waals surface area contributed by atoms with E-state index in [1.165, 1.54) is 0 Å². The summed E-state index contributed by atoms with van der Waals surface area (Å²) in [4.78, 5) is 28.6. The van der Waals surface area contributed by atoms with Crippen molar-refractivity contribution in [1.82, 2.24) is 14.8 Å². The maximum Gasteiger partial charge on any atom is 0.232 e. The molecule has 2 amide bonds. The van der Waals surface area contributed by atoms with E-state index in [-0.39, 0.29) is 18.2 Å². The number of carbonyl (C=O) groups is 2. The van der Waals surface area contributed by atoms with E-state index in [9.17, 15) is 9.59 Å². The molecule has 1 aromatic carbocycles. The first-order chi connectivity index (χ1) is 12.1. The van der Waals surface area contributed by atoms with E-state index in [2.05, 4.69) is 20.7 Å². The predicted octanol–water partition coefficient (Wildman–Crippen LogP) is 0.955. The summed E-state index contributed by atoms with van der Waals surface area (Å²) >= 11 is 0. The van der Waals surface area contributed by atoms with Crippen molar-refractivity contribution >= 4 is 23.5 Å². The van der Waals surface area contributed by atoms with E-state index in [0.717, 1.165) is 0 Å². The molecule has 0 radical (unpaired) electrons. The lowest BCUT2D eigenvalue weighted by atomic mass is 10.0. The Labute approximate surface area is 143 Å². The Morgan fingerprint density at radius 3 is 3.00 bits per heavy atom. The van der Waals surface area contributed by atoms with Crippen molar-refractivity contribution in [1.29, 1.82) is 0 Å². The summed E-state index contributed by atoms with van der Waals surface area (Å²) in [7, 11) is 0. The van der Waals surface area contributed by atoms with Gasteiger partial charge in [-0.1, -0.05) is 0 Å². The molecule has 9 nitrogen and oxygen atoms in total. The Bertz CT molecular complexity index is 847. The molecule has 0 spiro atoms. The van der Waals surface area contributed by atoms with Gasteiger partial charge >= 0.3 is 0 Å². The van der Waals surface area contributed by atoms with Crippen LogP contribution in [0.4, 0.5) is 11.6 Å². The van der Waals surface area contributed by atoms with Gasteiger partial charge in [0.1, 0.15) is 19.0 Å². The quantitative estimate of drug-likeness (QED) is 0.859. The molecule has 2 aliphatic heterocycles. The summed E-state index contributed by atoms with van der Waals surface area (Å²) in [6.07, 6.45) is 0.0542. The van der Waals surface area contributed by atoms with Crippen LogP contribution in [-0.4, -0.2) is 39.8 Å². The molecule has 3 heterocycles. The number of hydrogen-bond acceptors (Lipinski definition) is 6. The minimum absolute atomic E-state index is 0.0542. The fourth-order valence-electron chi connectivity index (χ4n) is 2.89. The van der Waals surface area contributed by atoms with Crippen molar-refractivity contribution in [3.05, 3.63) is 24.0 Å². The molecule has 25 heavy (non-hydrogen) atoms. The number of nitrogens with zero attached hydrogens (tertiary/aromatic N) is 3. The fourth-order valence-corrected chi connectivity index (χ4v) is 2.89. The molecule has 2 N–H and O–H groups in total. The van der Waals surface area contributed by atoms with Crippen LogP contribution in [0.1, 0.15) is 12.2 Å². The third kappa shape index (κ3) is 3.12. The van der Waals surface area contributed by atoms with Gasteiger partial charge in [-0.25, -0.2) is 4.68 Å². The lowest BCUT2D eigenvalue weighted by molar-refractivity contribution is -0.125. The van der Waals surface area contributed by atoms with Gasteiger partial charge in [-0.15, -0.1) is 0 Å². The van der Waals surface area contributed by atoms with Crippen LogP contribution in [-0.2, 0) is 16.1 Å². The molecule has 0 saturated carbocycles. The molecule has 4 rings (SSSR count). The van der Waals surface area contributed by atoms with E-state index in [1.807, 2.05) is 0 Å². The van der Waals surface area contributed by atoms with Crippen LogP contribution in [0.15, 0.2) is 18.2 Å². The number of carbonyl (C=O) groups excluding carboxylic acids is 2. The summed E-state index contributed by atoms with van der Waals surface area (Å²) in [5, 5.41) is 9.67. The highest BCUT2D eigenvalue weighted by Crippen LogP contribution is 2.32. The smallest absolute Gasteiger partial charge is 0.232 e. The maximum absolute atomic E-state index is 12.3. The van der Waals surface area contributed by atoms with Crippen molar-refractivity contribution in [2.45, 2.75) is 19.9 Å². The number of benzene rings is 1. The third-order valence-electron chi connectivity index (χ3n) is 4.03. The van der Waals surface area contributed by atoms with Crippen molar-refractivity contribution in [2.75, 3.05) is 23.8 Å². The molecular weight excluding hydrogens is 326 g/mol. The molecule has 2 aliphatic rings. The number of aryl methyl sites for hydroxylation is 1. The first kappa shape index (κ1) is 15.4. The summed E-state index contributed by atoms with van der Waals surface area (Å²) in [6, 6.07) is 5.21. The molecule has 0 aliphatic carbocycles. The normalized spacial score (nSPS) is 18.3. The zero-order valence-electron chi connectivity index (χ0n) is 13.6. The highest BCUT2D eigenvalue weighted by atomic mass is 16.6. The van der Waals surface area contributed by atoms with Gasteiger partial charge < -0.3 is 14.8 Å². The number of anilines is 2. The minimum atomic E-state index is -0.495. The van der Waals surface area contributed by atoms with E-state index in [4.69, 9.17) is 9.47 Å². The van der Waals surface area contributed by atoms with Gasteiger partial charge in [0, 0.05) is 18.2 Å². The second-order valence-electron chi connectivity index (χ2n) is 5.96. The zero-order valence-corrected chi connectivity index (χ0v) is 13.6. The minimum Gasteiger partial charge on any atom is -0.486 e. The van der Waals surface area contributed by atoms with Crippen LogP contribution < -0.4 is 20.1 Å². The molecule has 130 valence electrons. The maximum atomic E-state index is 12.3. The number of amides is 2. The second kappa shape index (κ2) is 6.08. The first-order valence-electron chi connectivity index (χ1n) is 8.00. The van der Waals surface area contributed by atoms with E-state index < -0.39 is 5.92 Å². The third-order valence-corrected chi connectivity index (χ3v) is 4.03. The monoisotopic (exact) mass is 343 g/mol. The molecule has 9 heteroatoms. The second-order valence-corrected chi connectivity index (χ2v) is 5.96. The largest absolute Gasteiger partial charge is 0.486 e. The van der Waals surface area contributed by atoms with Crippen LogP contribution in [0.25, 0.3) is 0 Å². The van der Waals surface area contributed by atoms with Gasteiger partial charge in [0.25, 0.3) is 0 Å². The Morgan fingerprint density at radius 2 is 2.16 bits per heavy atom. The van der Waals surface area contributed by atoms with Gasteiger partial charge in [0.2, 0.25) is 17.8 Å². The Kier molecular flexibility index (Phi) is 3.75. The summed E-state index contributed by atoms with van der Waals surface area (Å²) in [6.45, 7) is 3.07. The average Bonchev–Trinajstić information content (AvgIpc) is 2.94. The highest BCUT2D eigenvalue weighted by molar-refractivity contribution is 5.98. The number of hydrogen-bond donors (Lipinski definition) is 2. The molecule has 0 unspecified atom stereocenters. The molecule has 1 aromatic heterocycles. The average molecular weight is 343 g/mol.